The molecule has 0 aliphatic rings. The largest absolute Gasteiger partial charge is 0.129 e. The van der Waals surface area contributed by atoms with Gasteiger partial charge in [-0.25, -0.2) is 0 Å². The van der Waals surface area contributed by atoms with Crippen LogP contribution in [0.5, 0.6) is 0 Å². The summed E-state index contributed by atoms with van der Waals surface area (Å²) in [4.78, 5) is 0. The Labute approximate surface area is 74.0 Å². The summed E-state index contributed by atoms with van der Waals surface area (Å²) in [7, 11) is 0. The number of hydrogen-bond acceptors (Lipinski definition) is 0. The predicted octanol–water partition coefficient (Wildman–Crippen LogP) is 4.17. The molecule has 0 saturated carbocycles. The molecule has 0 spiro atoms. The first-order valence-corrected chi connectivity index (χ1v) is 9.25. The van der Waals surface area contributed by atoms with Crippen LogP contribution in [0.25, 0.3) is 0 Å². The highest BCUT2D eigenvalue weighted by Crippen LogP contribution is 2.28. The first kappa shape index (κ1) is 10.7. The molecular weight excluding hydrogens is 204 g/mol. The third kappa shape index (κ3) is 3.77. The van der Waals surface area contributed by atoms with Gasteiger partial charge in [0.1, 0.15) is 6.69 Å². The lowest BCUT2D eigenvalue weighted by molar-refractivity contribution is 0.866. The molecule has 0 N–H and O–H groups in total. The van der Waals surface area contributed by atoms with Crippen LogP contribution in [-0.4, -0.2) is 6.69 Å². The molecule has 0 fully saturated rings. The number of halogens is 1. The van der Waals surface area contributed by atoms with Gasteiger partial charge in [0.05, 0.1) is 0 Å². The molecule has 0 aliphatic heterocycles. The molecule has 10 heavy (non-hydrogen) atoms. The van der Waals surface area contributed by atoms with Crippen LogP contribution in [0, 0.1) is 0 Å². The zero-order valence-corrected chi connectivity index (χ0v) is 10.00. The van der Waals surface area contributed by atoms with E-state index in [0.29, 0.717) is 0 Å². The van der Waals surface area contributed by atoms with Gasteiger partial charge in [0, 0.05) is 0 Å². The number of hydrogen-bond donors (Lipinski definition) is 0. The zero-order chi connectivity index (χ0) is 8.04. The average Bonchev–Trinajstić information content (AvgIpc) is 2.00. The average molecular weight is 223 g/mol. The van der Waals surface area contributed by atoms with E-state index in [9.17, 15) is 0 Å². The lowest BCUT2D eigenvalue weighted by Crippen LogP contribution is -2.22. The van der Waals surface area contributed by atoms with Crippen molar-refractivity contribution in [2.45, 2.75) is 51.7 Å². The summed E-state index contributed by atoms with van der Waals surface area (Å²) in [6.45, 7) is 6.00. The molecule has 0 saturated heterocycles. The van der Waals surface area contributed by atoms with Crippen LogP contribution in [0.2, 0.25) is 18.1 Å². The molecule has 2 heteroatoms. The molecule has 0 aliphatic carbocycles. The third-order valence-electron chi connectivity index (χ3n) is 2.25. The Hall–Kier alpha value is 0.697. The predicted molar refractivity (Wildman–Crippen MR) is 55.4 cm³/mol. The molecule has 0 nitrogen and oxygen atoms in total. The van der Waals surface area contributed by atoms with E-state index in [1.54, 1.807) is 0 Å². The Kier molecular flexibility index (Phi) is 5.73. The Morgan fingerprint density at radius 1 is 1.10 bits per heavy atom. The van der Waals surface area contributed by atoms with E-state index in [0.717, 1.165) is 0 Å². The molecular formula is C8H19BrSi. The van der Waals surface area contributed by atoms with Crippen molar-refractivity contribution in [1.29, 1.82) is 0 Å². The van der Waals surface area contributed by atoms with Crippen molar-refractivity contribution in [3.05, 3.63) is 0 Å². The van der Waals surface area contributed by atoms with Gasteiger partial charge in [0.15, 0.2) is 0 Å². The quantitative estimate of drug-likeness (QED) is 0.484. The fraction of sp³-hybridized carbons (Fsp3) is 1.00. The van der Waals surface area contributed by atoms with E-state index in [4.69, 9.17) is 0 Å². The summed E-state index contributed by atoms with van der Waals surface area (Å²) in [5.41, 5.74) is 0. The van der Waals surface area contributed by atoms with Crippen LogP contribution >= 0.6 is 15.3 Å². The van der Waals surface area contributed by atoms with Crippen molar-refractivity contribution in [2.24, 2.45) is 0 Å². The molecule has 0 unspecified atom stereocenters. The monoisotopic (exact) mass is 222 g/mol. The van der Waals surface area contributed by atoms with E-state index in [1.165, 1.54) is 31.0 Å². The van der Waals surface area contributed by atoms with E-state index in [2.05, 4.69) is 36.1 Å². The van der Waals surface area contributed by atoms with Gasteiger partial charge in [-0.15, -0.1) is 15.3 Å². The Morgan fingerprint density at radius 3 is 1.90 bits per heavy atom. The van der Waals surface area contributed by atoms with E-state index >= 15 is 0 Å². The van der Waals surface area contributed by atoms with Gasteiger partial charge in [-0.2, -0.15) is 0 Å². The fourth-order valence-electron chi connectivity index (χ4n) is 1.10. The summed E-state index contributed by atoms with van der Waals surface area (Å²) in [5.74, 6) is 0. The molecule has 0 radical (unpaired) electrons. The van der Waals surface area contributed by atoms with Crippen LogP contribution < -0.4 is 0 Å². The van der Waals surface area contributed by atoms with E-state index in [1.807, 2.05) is 0 Å². The summed E-state index contributed by atoms with van der Waals surface area (Å²) in [5, 5.41) is 0. The Balaban J connectivity index is 3.58. The second-order valence-electron chi connectivity index (χ2n) is 2.96. The van der Waals surface area contributed by atoms with Gasteiger partial charge in [-0.1, -0.05) is 45.7 Å². The molecule has 0 bridgehead atoms. The van der Waals surface area contributed by atoms with Gasteiger partial charge in [-0.05, 0) is 6.04 Å². The highest BCUT2D eigenvalue weighted by Gasteiger charge is 2.23. The van der Waals surface area contributed by atoms with Crippen molar-refractivity contribution in [1.82, 2.24) is 0 Å². The van der Waals surface area contributed by atoms with Crippen LogP contribution in [0.3, 0.4) is 0 Å². The maximum Gasteiger partial charge on any atom is 0.129 e. The number of unbranched alkanes of at least 4 members (excludes halogenated alkanes) is 1. The molecule has 0 aromatic heterocycles. The van der Waals surface area contributed by atoms with Crippen molar-refractivity contribution in [2.75, 3.05) is 0 Å². The van der Waals surface area contributed by atoms with E-state index in [-0.39, 0.29) is 0 Å². The van der Waals surface area contributed by atoms with Crippen molar-refractivity contribution >= 4 is 22.0 Å². The van der Waals surface area contributed by atoms with Crippen LogP contribution in [0.4, 0.5) is 0 Å². The Bertz CT molecular complexity index is 79.3. The summed E-state index contributed by atoms with van der Waals surface area (Å²) >= 11 is 3.92. The maximum absolute atomic E-state index is 3.92. The number of rotatable bonds is 5. The third-order valence-corrected chi connectivity index (χ3v) is 10.6. The van der Waals surface area contributed by atoms with Crippen molar-refractivity contribution < 1.29 is 0 Å². The molecule has 62 valence electrons. The highest BCUT2D eigenvalue weighted by atomic mass is 79.9. The lowest BCUT2D eigenvalue weighted by Gasteiger charge is -2.20. The second kappa shape index (κ2) is 5.36. The van der Waals surface area contributed by atoms with Crippen LogP contribution in [0.15, 0.2) is 0 Å². The molecule has 0 rings (SSSR count). The lowest BCUT2D eigenvalue weighted by atomic mass is 10.4. The summed E-state index contributed by atoms with van der Waals surface area (Å²) < 4.78 is 0. The highest BCUT2D eigenvalue weighted by molar-refractivity contribution is 9.26. The van der Waals surface area contributed by atoms with E-state index < -0.39 is 6.69 Å². The molecule has 0 atom stereocenters. The summed E-state index contributed by atoms with van der Waals surface area (Å²) in [6.07, 6.45) is 2.76. The van der Waals surface area contributed by atoms with Crippen molar-refractivity contribution in [3.63, 3.8) is 0 Å². The smallest absolute Gasteiger partial charge is 0.126 e. The molecule has 0 amide bonds. The fourth-order valence-corrected chi connectivity index (χ4v) is 4.13. The van der Waals surface area contributed by atoms with Crippen molar-refractivity contribution in [3.8, 4) is 0 Å². The minimum absolute atomic E-state index is 0.906. The standard InChI is InChI=1S/C8H19BrSi/c1-4-7-8-10(9,5-2)6-3/h4-8H2,1-3H3. The normalized spacial score (nSPS) is 12.0. The molecule has 0 heterocycles. The van der Waals surface area contributed by atoms with Crippen LogP contribution in [0.1, 0.15) is 33.6 Å². The van der Waals surface area contributed by atoms with Crippen LogP contribution in [-0.2, 0) is 0 Å². The Morgan fingerprint density at radius 2 is 1.60 bits per heavy atom. The SMILES string of the molecule is CCCC[Si](Br)(CC)CC. The zero-order valence-electron chi connectivity index (χ0n) is 7.41. The van der Waals surface area contributed by atoms with Gasteiger partial charge in [0.25, 0.3) is 0 Å². The van der Waals surface area contributed by atoms with Gasteiger partial charge in [-0.3, -0.25) is 0 Å². The molecule has 0 aromatic carbocycles. The first-order chi connectivity index (χ1) is 4.68. The van der Waals surface area contributed by atoms with Gasteiger partial charge in [0.2, 0.25) is 0 Å². The first-order valence-electron chi connectivity index (χ1n) is 4.37. The second-order valence-corrected chi connectivity index (χ2v) is 12.2. The van der Waals surface area contributed by atoms with Gasteiger partial charge < -0.3 is 0 Å². The molecule has 0 aromatic rings. The maximum atomic E-state index is 3.92. The van der Waals surface area contributed by atoms with Gasteiger partial charge >= 0.3 is 0 Å². The topological polar surface area (TPSA) is 0 Å². The summed E-state index contributed by atoms with van der Waals surface area (Å²) in [6, 6.07) is 4.25. The minimum atomic E-state index is -0.906. The minimum Gasteiger partial charge on any atom is -0.126 e.